The Hall–Kier alpha value is -0.0800. The Kier molecular flexibility index (Phi) is 4.14. The van der Waals surface area contributed by atoms with Crippen LogP contribution < -0.4 is 5.73 Å². The van der Waals surface area contributed by atoms with Crippen molar-refractivity contribution in [1.82, 2.24) is 0 Å². The highest BCUT2D eigenvalue weighted by Gasteiger charge is 2.55. The molecule has 0 saturated heterocycles. The van der Waals surface area contributed by atoms with Gasteiger partial charge in [0.2, 0.25) is 0 Å². The molecular formula is C15H29NO. The lowest BCUT2D eigenvalue weighted by atomic mass is 9.61. The molecule has 0 aromatic heterocycles. The summed E-state index contributed by atoms with van der Waals surface area (Å²) < 4.78 is 0. The van der Waals surface area contributed by atoms with Gasteiger partial charge in [-0.3, -0.25) is 0 Å². The van der Waals surface area contributed by atoms with Crippen molar-refractivity contribution in [3.05, 3.63) is 0 Å². The normalized spacial score (nSPS) is 29.1. The number of hydrogen-bond acceptors (Lipinski definition) is 2. The zero-order valence-corrected chi connectivity index (χ0v) is 11.4. The van der Waals surface area contributed by atoms with E-state index in [1.165, 1.54) is 44.9 Å². The van der Waals surface area contributed by atoms with E-state index in [0.717, 1.165) is 19.3 Å². The van der Waals surface area contributed by atoms with Gasteiger partial charge in [0.05, 0.1) is 5.60 Å². The molecule has 2 rings (SSSR count). The SMILES string of the molecule is CCC(O)(C1CC1)C1(CN)CCCCCCC1. The summed E-state index contributed by atoms with van der Waals surface area (Å²) in [4.78, 5) is 0. The largest absolute Gasteiger partial charge is 0.389 e. The first-order valence-corrected chi connectivity index (χ1v) is 7.61. The van der Waals surface area contributed by atoms with Crippen molar-refractivity contribution in [2.75, 3.05) is 6.54 Å². The quantitative estimate of drug-likeness (QED) is 0.791. The van der Waals surface area contributed by atoms with Crippen LogP contribution in [0.1, 0.15) is 71.1 Å². The van der Waals surface area contributed by atoms with E-state index >= 15 is 0 Å². The minimum atomic E-state index is -0.473. The smallest absolute Gasteiger partial charge is 0.0741 e. The second-order valence-electron chi connectivity index (χ2n) is 6.30. The van der Waals surface area contributed by atoms with Crippen LogP contribution in [0.4, 0.5) is 0 Å². The monoisotopic (exact) mass is 239 g/mol. The molecule has 0 spiro atoms. The Morgan fingerprint density at radius 2 is 1.65 bits per heavy atom. The maximum atomic E-state index is 11.2. The fourth-order valence-electron chi connectivity index (χ4n) is 4.05. The van der Waals surface area contributed by atoms with Crippen molar-refractivity contribution in [2.45, 2.75) is 76.7 Å². The van der Waals surface area contributed by atoms with Gasteiger partial charge < -0.3 is 10.8 Å². The van der Waals surface area contributed by atoms with Crippen molar-refractivity contribution in [1.29, 1.82) is 0 Å². The van der Waals surface area contributed by atoms with Crippen molar-refractivity contribution in [3.8, 4) is 0 Å². The highest BCUT2D eigenvalue weighted by atomic mass is 16.3. The molecule has 2 nitrogen and oxygen atoms in total. The molecule has 100 valence electrons. The van der Waals surface area contributed by atoms with E-state index in [0.29, 0.717) is 12.5 Å². The second-order valence-corrected chi connectivity index (χ2v) is 6.30. The van der Waals surface area contributed by atoms with Gasteiger partial charge >= 0.3 is 0 Å². The first-order valence-electron chi connectivity index (χ1n) is 7.61. The van der Waals surface area contributed by atoms with E-state index in [1.54, 1.807) is 0 Å². The predicted molar refractivity (Wildman–Crippen MR) is 71.8 cm³/mol. The molecule has 0 bridgehead atoms. The minimum Gasteiger partial charge on any atom is -0.389 e. The van der Waals surface area contributed by atoms with Gasteiger partial charge in [0.1, 0.15) is 0 Å². The van der Waals surface area contributed by atoms with Gasteiger partial charge in [0.25, 0.3) is 0 Å². The summed E-state index contributed by atoms with van der Waals surface area (Å²) in [6.07, 6.45) is 12.1. The first kappa shape index (κ1) is 13.4. The van der Waals surface area contributed by atoms with Gasteiger partial charge in [0, 0.05) is 12.0 Å². The predicted octanol–water partition coefficient (Wildman–Crippen LogP) is 3.23. The van der Waals surface area contributed by atoms with Crippen molar-refractivity contribution >= 4 is 0 Å². The molecule has 0 aliphatic heterocycles. The molecule has 2 aliphatic rings. The Morgan fingerprint density at radius 1 is 1.12 bits per heavy atom. The van der Waals surface area contributed by atoms with E-state index in [9.17, 15) is 5.11 Å². The Balaban J connectivity index is 2.19. The van der Waals surface area contributed by atoms with Crippen LogP contribution in [0.25, 0.3) is 0 Å². The standard InChI is InChI=1S/C15H29NO/c1-2-15(17,13-8-9-13)14(12-16)10-6-4-3-5-7-11-14/h13,17H,2-12,16H2,1H3. The van der Waals surface area contributed by atoms with Gasteiger partial charge in [-0.15, -0.1) is 0 Å². The lowest BCUT2D eigenvalue weighted by molar-refractivity contribution is -0.113. The summed E-state index contributed by atoms with van der Waals surface area (Å²) in [5, 5.41) is 11.2. The molecule has 2 heteroatoms. The summed E-state index contributed by atoms with van der Waals surface area (Å²) in [7, 11) is 0. The molecule has 0 radical (unpaired) electrons. The van der Waals surface area contributed by atoms with Crippen LogP contribution in [0, 0.1) is 11.3 Å². The fourth-order valence-corrected chi connectivity index (χ4v) is 4.05. The van der Waals surface area contributed by atoms with Crippen LogP contribution in [0.3, 0.4) is 0 Å². The van der Waals surface area contributed by atoms with Crippen molar-refractivity contribution in [3.63, 3.8) is 0 Å². The Bertz CT molecular complexity index is 241. The third-order valence-corrected chi connectivity index (χ3v) is 5.41. The molecule has 3 N–H and O–H groups in total. The third kappa shape index (κ3) is 2.39. The summed E-state index contributed by atoms with van der Waals surface area (Å²) in [5.41, 5.74) is 5.67. The van der Waals surface area contributed by atoms with Crippen LogP contribution in [0.5, 0.6) is 0 Å². The van der Waals surface area contributed by atoms with Crippen LogP contribution in [-0.4, -0.2) is 17.3 Å². The molecule has 1 unspecified atom stereocenters. The van der Waals surface area contributed by atoms with Crippen LogP contribution in [0.15, 0.2) is 0 Å². The Labute approximate surface area is 106 Å². The van der Waals surface area contributed by atoms with Gasteiger partial charge in [0.15, 0.2) is 0 Å². The molecule has 2 aliphatic carbocycles. The number of hydrogen-bond donors (Lipinski definition) is 2. The highest BCUT2D eigenvalue weighted by molar-refractivity contribution is 5.07. The topological polar surface area (TPSA) is 46.2 Å². The van der Waals surface area contributed by atoms with Crippen LogP contribution in [-0.2, 0) is 0 Å². The summed E-state index contributed by atoms with van der Waals surface area (Å²) in [6, 6.07) is 0. The van der Waals surface area contributed by atoms with Gasteiger partial charge in [-0.05, 0) is 38.0 Å². The summed E-state index contributed by atoms with van der Waals surface area (Å²) >= 11 is 0. The first-order chi connectivity index (χ1) is 8.18. The van der Waals surface area contributed by atoms with Crippen molar-refractivity contribution < 1.29 is 5.11 Å². The molecule has 0 aromatic rings. The number of aliphatic hydroxyl groups is 1. The third-order valence-electron chi connectivity index (χ3n) is 5.41. The molecule has 17 heavy (non-hydrogen) atoms. The summed E-state index contributed by atoms with van der Waals surface area (Å²) in [5.74, 6) is 0.537. The molecule has 2 fully saturated rings. The van der Waals surface area contributed by atoms with Gasteiger partial charge in [-0.25, -0.2) is 0 Å². The average Bonchev–Trinajstić information content (AvgIpc) is 3.13. The van der Waals surface area contributed by atoms with E-state index < -0.39 is 5.60 Å². The van der Waals surface area contributed by atoms with Gasteiger partial charge in [-0.1, -0.05) is 39.0 Å². The van der Waals surface area contributed by atoms with E-state index in [-0.39, 0.29) is 5.41 Å². The summed E-state index contributed by atoms with van der Waals surface area (Å²) in [6.45, 7) is 2.82. The fraction of sp³-hybridized carbons (Fsp3) is 1.00. The zero-order chi connectivity index (χ0) is 12.4. The highest BCUT2D eigenvalue weighted by Crippen LogP contribution is 2.55. The molecule has 0 aromatic carbocycles. The van der Waals surface area contributed by atoms with E-state index in [4.69, 9.17) is 5.73 Å². The number of rotatable bonds is 4. The van der Waals surface area contributed by atoms with Crippen molar-refractivity contribution in [2.24, 2.45) is 17.1 Å². The maximum absolute atomic E-state index is 11.2. The molecule has 0 amide bonds. The molecule has 0 heterocycles. The molecule has 1 atom stereocenters. The lowest BCUT2D eigenvalue weighted by Crippen LogP contribution is -2.54. The van der Waals surface area contributed by atoms with E-state index in [1.807, 2.05) is 0 Å². The van der Waals surface area contributed by atoms with Crippen LogP contribution >= 0.6 is 0 Å². The molecule has 2 saturated carbocycles. The molecular weight excluding hydrogens is 210 g/mol. The zero-order valence-electron chi connectivity index (χ0n) is 11.4. The van der Waals surface area contributed by atoms with Crippen LogP contribution in [0.2, 0.25) is 0 Å². The van der Waals surface area contributed by atoms with Gasteiger partial charge in [-0.2, -0.15) is 0 Å². The maximum Gasteiger partial charge on any atom is 0.0741 e. The lowest BCUT2D eigenvalue weighted by Gasteiger charge is -2.48. The average molecular weight is 239 g/mol. The minimum absolute atomic E-state index is 0.0172. The van der Waals surface area contributed by atoms with E-state index in [2.05, 4.69) is 6.92 Å². The Morgan fingerprint density at radius 3 is 2.06 bits per heavy atom. The second kappa shape index (κ2) is 5.27. The number of nitrogens with two attached hydrogens (primary N) is 1.